The minimum Gasteiger partial charge on any atom is -0.369 e. The predicted molar refractivity (Wildman–Crippen MR) is 104 cm³/mol. The SMILES string of the molecule is CC.CCC(C)N1CCN(c2ccc3c(c2)C2CC3CCN2)CC1. The Balaban J connectivity index is 0.000000815. The number of fused-ring (bicyclic) bond motifs is 5. The van der Waals surface area contributed by atoms with Crippen LogP contribution in [0.15, 0.2) is 18.2 Å². The highest BCUT2D eigenvalue weighted by atomic mass is 15.3. The standard InChI is InChI=1S/C19H29N3.C2H6/c1-3-14(2)21-8-10-22(11-9-21)16-4-5-17-15-6-7-20-19(12-15)18(17)13-16;1-2/h4-5,13-15,19-20H,3,6-12H2,1-2H3;1-2H3. The zero-order valence-electron chi connectivity index (χ0n) is 16.0. The van der Waals surface area contributed by atoms with Gasteiger partial charge in [0.05, 0.1) is 0 Å². The molecule has 1 aromatic carbocycles. The molecule has 0 radical (unpaired) electrons. The number of benzene rings is 1. The van der Waals surface area contributed by atoms with Crippen LogP contribution in [0.1, 0.15) is 70.0 Å². The van der Waals surface area contributed by atoms with Gasteiger partial charge in [0.1, 0.15) is 0 Å². The van der Waals surface area contributed by atoms with E-state index >= 15 is 0 Å². The Bertz CT molecular complexity index is 534. The quantitative estimate of drug-likeness (QED) is 0.898. The third-order valence-electron chi connectivity index (χ3n) is 6.18. The van der Waals surface area contributed by atoms with Crippen molar-refractivity contribution in [2.75, 3.05) is 37.6 Å². The second kappa shape index (κ2) is 7.88. The van der Waals surface area contributed by atoms with Crippen LogP contribution >= 0.6 is 0 Å². The van der Waals surface area contributed by atoms with Crippen molar-refractivity contribution in [2.24, 2.45) is 0 Å². The molecule has 0 saturated carbocycles. The van der Waals surface area contributed by atoms with Gasteiger partial charge in [0.2, 0.25) is 0 Å². The largest absolute Gasteiger partial charge is 0.369 e. The summed E-state index contributed by atoms with van der Waals surface area (Å²) < 4.78 is 0. The lowest BCUT2D eigenvalue weighted by molar-refractivity contribution is 0.193. The molecule has 3 nitrogen and oxygen atoms in total. The minimum absolute atomic E-state index is 0.620. The lowest BCUT2D eigenvalue weighted by Crippen LogP contribution is -2.49. The molecule has 3 heteroatoms. The van der Waals surface area contributed by atoms with Crippen molar-refractivity contribution in [2.45, 2.75) is 65.0 Å². The molecule has 0 amide bonds. The highest BCUT2D eigenvalue weighted by molar-refractivity contribution is 5.55. The van der Waals surface area contributed by atoms with E-state index in [1.165, 1.54) is 57.7 Å². The topological polar surface area (TPSA) is 18.5 Å². The van der Waals surface area contributed by atoms with Crippen LogP contribution in [0.2, 0.25) is 0 Å². The first-order chi connectivity index (χ1) is 11.8. The molecule has 24 heavy (non-hydrogen) atoms. The third kappa shape index (κ3) is 3.34. The average molecular weight is 330 g/mol. The number of anilines is 1. The minimum atomic E-state index is 0.620. The Labute approximate surface area is 148 Å². The first kappa shape index (κ1) is 17.8. The molecule has 3 unspecified atom stereocenters. The van der Waals surface area contributed by atoms with Gasteiger partial charge in [0.25, 0.3) is 0 Å². The Morgan fingerprint density at radius 2 is 1.88 bits per heavy atom. The number of hydrogen-bond acceptors (Lipinski definition) is 3. The molecule has 2 aliphatic heterocycles. The van der Waals surface area contributed by atoms with Gasteiger partial charge in [-0.05, 0) is 61.9 Å². The smallest absolute Gasteiger partial charge is 0.0370 e. The molecule has 3 atom stereocenters. The Kier molecular flexibility index (Phi) is 5.83. The van der Waals surface area contributed by atoms with E-state index in [1.807, 2.05) is 13.8 Å². The van der Waals surface area contributed by atoms with Crippen LogP contribution < -0.4 is 10.2 Å². The van der Waals surface area contributed by atoms with Gasteiger partial charge in [-0.2, -0.15) is 0 Å². The summed E-state index contributed by atoms with van der Waals surface area (Å²) in [6.45, 7) is 14.6. The number of hydrogen-bond donors (Lipinski definition) is 1. The first-order valence-corrected chi connectivity index (χ1v) is 10.1. The van der Waals surface area contributed by atoms with E-state index in [0.29, 0.717) is 6.04 Å². The van der Waals surface area contributed by atoms with Crippen molar-refractivity contribution in [3.63, 3.8) is 0 Å². The van der Waals surface area contributed by atoms with Crippen molar-refractivity contribution < 1.29 is 0 Å². The number of piperidine rings is 1. The van der Waals surface area contributed by atoms with Gasteiger partial charge in [0.15, 0.2) is 0 Å². The predicted octanol–water partition coefficient (Wildman–Crippen LogP) is 4.16. The van der Waals surface area contributed by atoms with Gasteiger partial charge in [0, 0.05) is 44.0 Å². The van der Waals surface area contributed by atoms with E-state index in [4.69, 9.17) is 0 Å². The van der Waals surface area contributed by atoms with Crippen LogP contribution in [0, 0.1) is 0 Å². The van der Waals surface area contributed by atoms with E-state index < -0.39 is 0 Å². The Hall–Kier alpha value is -1.06. The Morgan fingerprint density at radius 1 is 1.12 bits per heavy atom. The number of nitrogens with zero attached hydrogens (tertiary/aromatic N) is 2. The maximum absolute atomic E-state index is 3.70. The van der Waals surface area contributed by atoms with Crippen LogP contribution in [0.5, 0.6) is 0 Å². The molecule has 1 aliphatic carbocycles. The zero-order valence-corrected chi connectivity index (χ0v) is 16.0. The van der Waals surface area contributed by atoms with Crippen molar-refractivity contribution in [3.05, 3.63) is 29.3 Å². The summed E-state index contributed by atoms with van der Waals surface area (Å²) >= 11 is 0. The van der Waals surface area contributed by atoms with Crippen LogP contribution in [0.4, 0.5) is 5.69 Å². The maximum atomic E-state index is 3.70. The molecule has 2 saturated heterocycles. The summed E-state index contributed by atoms with van der Waals surface area (Å²) in [5, 5.41) is 3.70. The van der Waals surface area contributed by atoms with Crippen molar-refractivity contribution >= 4 is 5.69 Å². The summed E-state index contributed by atoms with van der Waals surface area (Å²) in [5.41, 5.74) is 4.65. The molecule has 4 rings (SSSR count). The monoisotopic (exact) mass is 329 g/mol. The molecule has 0 spiro atoms. The second-order valence-corrected chi connectivity index (χ2v) is 7.32. The zero-order chi connectivity index (χ0) is 17.1. The van der Waals surface area contributed by atoms with Crippen LogP contribution in [0.3, 0.4) is 0 Å². The summed E-state index contributed by atoms with van der Waals surface area (Å²) in [6, 6.07) is 8.62. The van der Waals surface area contributed by atoms with E-state index in [-0.39, 0.29) is 0 Å². The van der Waals surface area contributed by atoms with E-state index in [9.17, 15) is 0 Å². The number of rotatable bonds is 3. The van der Waals surface area contributed by atoms with Gasteiger partial charge < -0.3 is 10.2 Å². The molecule has 1 aromatic rings. The molecule has 1 N–H and O–H groups in total. The van der Waals surface area contributed by atoms with E-state index in [2.05, 4.69) is 47.2 Å². The fourth-order valence-electron chi connectivity index (χ4n) is 4.55. The highest BCUT2D eigenvalue weighted by Gasteiger charge is 2.34. The second-order valence-electron chi connectivity index (χ2n) is 7.32. The van der Waals surface area contributed by atoms with Gasteiger partial charge >= 0.3 is 0 Å². The molecule has 0 aromatic heterocycles. The maximum Gasteiger partial charge on any atom is 0.0370 e. The summed E-state index contributed by atoms with van der Waals surface area (Å²) in [6.07, 6.45) is 3.89. The van der Waals surface area contributed by atoms with Gasteiger partial charge in [-0.15, -0.1) is 0 Å². The van der Waals surface area contributed by atoms with Crippen molar-refractivity contribution in [3.8, 4) is 0 Å². The average Bonchev–Trinajstić information content (AvgIpc) is 2.92. The van der Waals surface area contributed by atoms with Gasteiger partial charge in [-0.3, -0.25) is 4.90 Å². The Morgan fingerprint density at radius 3 is 2.58 bits per heavy atom. The van der Waals surface area contributed by atoms with Gasteiger partial charge in [-0.25, -0.2) is 0 Å². The molecule has 134 valence electrons. The van der Waals surface area contributed by atoms with Crippen molar-refractivity contribution in [1.29, 1.82) is 0 Å². The summed E-state index contributed by atoms with van der Waals surface area (Å²) in [4.78, 5) is 5.22. The van der Waals surface area contributed by atoms with Crippen LogP contribution in [-0.2, 0) is 0 Å². The number of piperazine rings is 1. The fourth-order valence-corrected chi connectivity index (χ4v) is 4.55. The summed E-state index contributed by atoms with van der Waals surface area (Å²) in [7, 11) is 0. The molecular formula is C21H35N3. The normalized spacial score (nSPS) is 27.2. The first-order valence-electron chi connectivity index (χ1n) is 10.1. The highest BCUT2D eigenvalue weighted by Crippen LogP contribution is 2.45. The van der Waals surface area contributed by atoms with Crippen molar-refractivity contribution in [1.82, 2.24) is 10.2 Å². The third-order valence-corrected chi connectivity index (χ3v) is 6.18. The lowest BCUT2D eigenvalue weighted by atomic mass is 9.96. The fraction of sp³-hybridized carbons (Fsp3) is 0.714. The summed E-state index contributed by atoms with van der Waals surface area (Å²) in [5.74, 6) is 0.817. The molecule has 2 bridgehead atoms. The van der Waals surface area contributed by atoms with Gasteiger partial charge in [-0.1, -0.05) is 26.8 Å². The molecule has 3 aliphatic rings. The van der Waals surface area contributed by atoms with E-state index in [0.717, 1.165) is 12.0 Å². The lowest BCUT2D eigenvalue weighted by Gasteiger charge is -2.39. The van der Waals surface area contributed by atoms with Crippen LogP contribution in [0.25, 0.3) is 0 Å². The van der Waals surface area contributed by atoms with Crippen LogP contribution in [-0.4, -0.2) is 43.7 Å². The molecule has 2 heterocycles. The molecule has 2 fully saturated rings. The van der Waals surface area contributed by atoms with E-state index in [1.54, 1.807) is 11.1 Å². The number of nitrogens with one attached hydrogen (secondary N) is 1. The molecular weight excluding hydrogens is 294 g/mol.